The van der Waals surface area contributed by atoms with Crippen molar-refractivity contribution < 1.29 is 0 Å². The second-order valence-electron chi connectivity index (χ2n) is 6.12. The van der Waals surface area contributed by atoms with Crippen LogP contribution in [-0.2, 0) is 13.2 Å². The summed E-state index contributed by atoms with van der Waals surface area (Å²) in [6.07, 6.45) is 2.09. The van der Waals surface area contributed by atoms with Crippen LogP contribution >= 0.6 is 35.3 Å². The van der Waals surface area contributed by atoms with Gasteiger partial charge in [0.2, 0.25) is 5.13 Å². The fourth-order valence-corrected chi connectivity index (χ4v) is 4.01. The lowest BCUT2D eigenvalue weighted by molar-refractivity contribution is 0.245. The van der Waals surface area contributed by atoms with Crippen LogP contribution in [0.1, 0.15) is 11.1 Å². The van der Waals surface area contributed by atoms with Gasteiger partial charge in [0, 0.05) is 17.1 Å². The quantitative estimate of drug-likeness (QED) is 0.414. The highest BCUT2D eigenvalue weighted by Gasteiger charge is 2.08. The van der Waals surface area contributed by atoms with Crippen molar-refractivity contribution >= 4 is 46.1 Å². The number of thioether (sulfide) groups is 1. The van der Waals surface area contributed by atoms with Gasteiger partial charge in [-0.2, -0.15) is 0 Å². The Morgan fingerprint density at radius 3 is 2.62 bits per heavy atom. The number of benzene rings is 2. The number of hydrogen-bond acceptors (Lipinski definition) is 6. The molecule has 26 heavy (non-hydrogen) atoms. The minimum Gasteiger partial charge on any atom is -0.330 e. The van der Waals surface area contributed by atoms with E-state index in [0.29, 0.717) is 6.67 Å². The van der Waals surface area contributed by atoms with Crippen molar-refractivity contribution in [2.75, 3.05) is 18.6 Å². The highest BCUT2D eigenvalue weighted by atomic mass is 32.2. The number of aryl methyl sites for hydroxylation is 1. The number of hydrogen-bond donors (Lipinski definition) is 1. The van der Waals surface area contributed by atoms with Crippen molar-refractivity contribution in [3.05, 3.63) is 63.6 Å². The van der Waals surface area contributed by atoms with Crippen molar-refractivity contribution in [1.29, 1.82) is 0 Å². The number of aromatic nitrogens is 2. The maximum Gasteiger partial charge on any atom is 0.209 e. The SMILES string of the molecule is CSc1ccc(CN(C)Cn2nc(Nc3ccccc3C)sc2=S)cc1. The lowest BCUT2D eigenvalue weighted by atomic mass is 10.2. The molecule has 7 heteroatoms. The number of anilines is 2. The van der Waals surface area contributed by atoms with E-state index in [0.717, 1.165) is 21.3 Å². The first-order valence-electron chi connectivity index (χ1n) is 8.27. The van der Waals surface area contributed by atoms with Gasteiger partial charge in [-0.3, -0.25) is 4.90 Å². The molecule has 0 saturated carbocycles. The molecule has 0 fully saturated rings. The molecule has 0 unspecified atom stereocenters. The van der Waals surface area contributed by atoms with Crippen LogP contribution in [-0.4, -0.2) is 28.0 Å². The zero-order valence-corrected chi connectivity index (χ0v) is 17.5. The lowest BCUT2D eigenvalue weighted by Gasteiger charge is -2.16. The average molecular weight is 403 g/mol. The maximum atomic E-state index is 5.49. The summed E-state index contributed by atoms with van der Waals surface area (Å²) in [5.41, 5.74) is 3.53. The van der Waals surface area contributed by atoms with Gasteiger partial charge in [0.05, 0.1) is 6.67 Å². The van der Waals surface area contributed by atoms with Gasteiger partial charge in [0.1, 0.15) is 0 Å². The second kappa shape index (κ2) is 8.81. The third-order valence-corrected chi connectivity index (χ3v) is 5.95. The molecule has 0 bridgehead atoms. The Morgan fingerprint density at radius 2 is 1.92 bits per heavy atom. The van der Waals surface area contributed by atoms with Crippen LogP contribution < -0.4 is 5.32 Å². The number of nitrogens with one attached hydrogen (secondary N) is 1. The standard InChI is InChI=1S/C19H22N4S3/c1-14-6-4-5-7-17(14)20-18-21-23(19(24)26-18)13-22(2)12-15-8-10-16(25-3)11-9-15/h4-11H,12-13H2,1-3H3,(H,20,21). The molecule has 136 valence electrons. The summed E-state index contributed by atoms with van der Waals surface area (Å²) in [6, 6.07) is 16.8. The number of para-hydroxylation sites is 1. The molecule has 4 nitrogen and oxygen atoms in total. The van der Waals surface area contributed by atoms with Crippen LogP contribution in [0.15, 0.2) is 53.4 Å². The van der Waals surface area contributed by atoms with Crippen molar-refractivity contribution in [1.82, 2.24) is 14.7 Å². The molecule has 1 heterocycles. The van der Waals surface area contributed by atoms with Crippen molar-refractivity contribution in [2.24, 2.45) is 0 Å². The first kappa shape index (κ1) is 19.1. The van der Waals surface area contributed by atoms with E-state index in [2.05, 4.69) is 71.9 Å². The second-order valence-corrected chi connectivity index (χ2v) is 8.62. The summed E-state index contributed by atoms with van der Waals surface area (Å²) in [4.78, 5) is 3.49. The van der Waals surface area contributed by atoms with E-state index >= 15 is 0 Å². The Morgan fingerprint density at radius 1 is 1.19 bits per heavy atom. The predicted octanol–water partition coefficient (Wildman–Crippen LogP) is 5.54. The van der Waals surface area contributed by atoms with Gasteiger partial charge in [-0.05, 0) is 61.8 Å². The Balaban J connectivity index is 1.65. The van der Waals surface area contributed by atoms with Crippen LogP contribution in [0.3, 0.4) is 0 Å². The third-order valence-electron chi connectivity index (χ3n) is 3.98. The van der Waals surface area contributed by atoms with Crippen LogP contribution in [0.25, 0.3) is 0 Å². The number of nitrogens with zero attached hydrogens (tertiary/aromatic N) is 3. The van der Waals surface area contributed by atoms with E-state index in [9.17, 15) is 0 Å². The van der Waals surface area contributed by atoms with E-state index in [-0.39, 0.29) is 0 Å². The van der Waals surface area contributed by atoms with Gasteiger partial charge in [-0.1, -0.05) is 41.7 Å². The van der Waals surface area contributed by atoms with Crippen LogP contribution in [0, 0.1) is 10.9 Å². The molecular formula is C19H22N4S3. The topological polar surface area (TPSA) is 33.1 Å². The first-order chi connectivity index (χ1) is 12.5. The van der Waals surface area contributed by atoms with Crippen molar-refractivity contribution in [3.63, 3.8) is 0 Å². The molecule has 0 amide bonds. The zero-order valence-electron chi connectivity index (χ0n) is 15.1. The Bertz CT molecular complexity index is 915. The van der Waals surface area contributed by atoms with Gasteiger partial charge >= 0.3 is 0 Å². The third kappa shape index (κ3) is 4.94. The van der Waals surface area contributed by atoms with Gasteiger partial charge in [-0.15, -0.1) is 16.9 Å². The van der Waals surface area contributed by atoms with E-state index in [1.54, 1.807) is 11.8 Å². The van der Waals surface area contributed by atoms with Gasteiger partial charge < -0.3 is 5.32 Å². The summed E-state index contributed by atoms with van der Waals surface area (Å²) in [5, 5.41) is 8.82. The van der Waals surface area contributed by atoms with Crippen molar-refractivity contribution in [2.45, 2.75) is 25.0 Å². The van der Waals surface area contributed by atoms with E-state index in [1.165, 1.54) is 27.4 Å². The Kier molecular flexibility index (Phi) is 6.48. The molecule has 2 aromatic carbocycles. The monoisotopic (exact) mass is 402 g/mol. The maximum absolute atomic E-state index is 5.49. The molecule has 0 atom stereocenters. The molecule has 0 saturated heterocycles. The lowest BCUT2D eigenvalue weighted by Crippen LogP contribution is -2.22. The van der Waals surface area contributed by atoms with Crippen LogP contribution in [0.2, 0.25) is 0 Å². The molecule has 1 aromatic heterocycles. The molecule has 0 spiro atoms. The molecule has 0 aliphatic heterocycles. The normalized spacial score (nSPS) is 11.1. The molecule has 1 N–H and O–H groups in total. The summed E-state index contributed by atoms with van der Waals surface area (Å²) < 4.78 is 2.64. The van der Waals surface area contributed by atoms with E-state index < -0.39 is 0 Å². The molecular weight excluding hydrogens is 380 g/mol. The summed E-state index contributed by atoms with van der Waals surface area (Å²) >= 11 is 8.74. The summed E-state index contributed by atoms with van der Waals surface area (Å²) in [7, 11) is 2.08. The molecule has 0 aliphatic rings. The average Bonchev–Trinajstić information content (AvgIpc) is 2.96. The zero-order chi connectivity index (χ0) is 18.5. The van der Waals surface area contributed by atoms with Gasteiger partial charge in [0.25, 0.3) is 0 Å². The highest BCUT2D eigenvalue weighted by molar-refractivity contribution is 7.98. The summed E-state index contributed by atoms with van der Waals surface area (Å²) in [5.74, 6) is 0. The minimum absolute atomic E-state index is 0.662. The van der Waals surface area contributed by atoms with E-state index in [1.807, 2.05) is 16.8 Å². The smallest absolute Gasteiger partial charge is 0.209 e. The summed E-state index contributed by atoms with van der Waals surface area (Å²) in [6.45, 7) is 3.60. The predicted molar refractivity (Wildman–Crippen MR) is 115 cm³/mol. The fraction of sp³-hybridized carbons (Fsp3) is 0.263. The fourth-order valence-electron chi connectivity index (χ4n) is 2.60. The first-order valence-corrected chi connectivity index (χ1v) is 10.7. The van der Waals surface area contributed by atoms with Gasteiger partial charge in [-0.25, -0.2) is 4.68 Å². The largest absolute Gasteiger partial charge is 0.330 e. The highest BCUT2D eigenvalue weighted by Crippen LogP contribution is 2.23. The Labute approximate surface area is 167 Å². The Hall–Kier alpha value is -1.67. The molecule has 3 rings (SSSR count). The molecule has 0 radical (unpaired) electrons. The van der Waals surface area contributed by atoms with Crippen molar-refractivity contribution in [3.8, 4) is 0 Å². The van der Waals surface area contributed by atoms with Crippen LogP contribution in [0.4, 0.5) is 10.8 Å². The van der Waals surface area contributed by atoms with Gasteiger partial charge in [0.15, 0.2) is 3.95 Å². The van der Waals surface area contributed by atoms with E-state index in [4.69, 9.17) is 12.2 Å². The minimum atomic E-state index is 0.662. The van der Waals surface area contributed by atoms with Crippen LogP contribution in [0.5, 0.6) is 0 Å². The molecule has 3 aromatic rings. The number of rotatable bonds is 7. The molecule has 0 aliphatic carbocycles.